The maximum Gasteiger partial charge on any atom is 0.00894 e. The summed E-state index contributed by atoms with van der Waals surface area (Å²) in [4.78, 5) is 2.59. The molecule has 0 saturated carbocycles. The highest BCUT2D eigenvalue weighted by atomic mass is 79.9. The summed E-state index contributed by atoms with van der Waals surface area (Å²) in [6.45, 7) is 4.06. The molecule has 3 fully saturated rings. The first-order chi connectivity index (χ1) is 4.85. The molecular weight excluding hydrogens is 190 g/mol. The van der Waals surface area contributed by atoms with Crippen LogP contribution in [0, 0.1) is 5.41 Å². The van der Waals surface area contributed by atoms with Gasteiger partial charge in [0.25, 0.3) is 0 Å². The maximum absolute atomic E-state index is 3.63. The van der Waals surface area contributed by atoms with Gasteiger partial charge >= 0.3 is 0 Å². The molecule has 2 heteroatoms. The fourth-order valence-electron chi connectivity index (χ4n) is 2.10. The second kappa shape index (κ2) is 2.49. The highest BCUT2D eigenvalue weighted by Crippen LogP contribution is 2.40. The Morgan fingerprint density at radius 3 is 1.90 bits per heavy atom. The molecule has 0 radical (unpaired) electrons. The van der Waals surface area contributed by atoms with E-state index in [1.54, 1.807) is 0 Å². The number of rotatable bonds is 1. The molecule has 3 heterocycles. The van der Waals surface area contributed by atoms with E-state index in [2.05, 4.69) is 20.8 Å². The Kier molecular flexibility index (Phi) is 1.77. The Morgan fingerprint density at radius 2 is 1.60 bits per heavy atom. The third-order valence-electron chi connectivity index (χ3n) is 3.16. The number of hydrogen-bond acceptors (Lipinski definition) is 1. The normalized spacial score (nSPS) is 45.9. The van der Waals surface area contributed by atoms with Gasteiger partial charge < -0.3 is 4.90 Å². The van der Waals surface area contributed by atoms with Crippen LogP contribution in [0.25, 0.3) is 0 Å². The molecule has 0 aromatic carbocycles. The van der Waals surface area contributed by atoms with Crippen LogP contribution >= 0.6 is 15.9 Å². The number of nitrogens with zero attached hydrogens (tertiary/aromatic N) is 1. The SMILES string of the molecule is BrCC12CCN(CC1)CC2. The summed E-state index contributed by atoms with van der Waals surface area (Å²) >= 11 is 3.63. The molecule has 3 saturated heterocycles. The monoisotopic (exact) mass is 203 g/mol. The predicted molar refractivity (Wildman–Crippen MR) is 46.5 cm³/mol. The van der Waals surface area contributed by atoms with Crippen LogP contribution in [-0.4, -0.2) is 29.9 Å². The molecule has 0 aliphatic carbocycles. The van der Waals surface area contributed by atoms with Gasteiger partial charge in [-0.15, -0.1) is 0 Å². The van der Waals surface area contributed by atoms with Crippen LogP contribution in [0.3, 0.4) is 0 Å². The summed E-state index contributed by atoms with van der Waals surface area (Å²) in [6.07, 6.45) is 4.29. The van der Waals surface area contributed by atoms with E-state index in [-0.39, 0.29) is 0 Å². The van der Waals surface area contributed by atoms with E-state index in [0.717, 1.165) is 0 Å². The van der Waals surface area contributed by atoms with Gasteiger partial charge in [-0.1, -0.05) is 15.9 Å². The van der Waals surface area contributed by atoms with Gasteiger partial charge in [-0.3, -0.25) is 0 Å². The minimum atomic E-state index is 0.703. The Morgan fingerprint density at radius 1 is 1.10 bits per heavy atom. The molecular formula is C8H14BrN. The van der Waals surface area contributed by atoms with Crippen molar-refractivity contribution in [2.24, 2.45) is 5.41 Å². The first kappa shape index (κ1) is 7.11. The van der Waals surface area contributed by atoms with Crippen molar-refractivity contribution < 1.29 is 0 Å². The molecule has 3 rings (SSSR count). The van der Waals surface area contributed by atoms with E-state index < -0.39 is 0 Å². The van der Waals surface area contributed by atoms with E-state index in [1.807, 2.05) is 0 Å². The largest absolute Gasteiger partial charge is 0.303 e. The van der Waals surface area contributed by atoms with E-state index >= 15 is 0 Å². The highest BCUT2D eigenvalue weighted by molar-refractivity contribution is 9.09. The molecule has 3 aliphatic rings. The van der Waals surface area contributed by atoms with Crippen molar-refractivity contribution in [3.8, 4) is 0 Å². The van der Waals surface area contributed by atoms with Gasteiger partial charge in [-0.25, -0.2) is 0 Å². The standard InChI is InChI=1S/C8H14BrN/c9-7-8-1-4-10(5-2-8)6-3-8/h1-7H2. The average Bonchev–Trinajstić information content (AvgIpc) is 2.08. The summed E-state index contributed by atoms with van der Waals surface area (Å²) in [6, 6.07) is 0. The predicted octanol–water partition coefficient (Wildman–Crippen LogP) is 1.87. The van der Waals surface area contributed by atoms with E-state index in [1.165, 1.54) is 44.2 Å². The molecule has 10 heavy (non-hydrogen) atoms. The van der Waals surface area contributed by atoms with Crippen LogP contribution in [-0.2, 0) is 0 Å². The Labute approximate surface area is 70.9 Å². The highest BCUT2D eigenvalue weighted by Gasteiger charge is 2.37. The van der Waals surface area contributed by atoms with Gasteiger partial charge in [0.2, 0.25) is 0 Å². The van der Waals surface area contributed by atoms with Crippen molar-refractivity contribution in [1.29, 1.82) is 0 Å². The Hall–Kier alpha value is 0.440. The van der Waals surface area contributed by atoms with Gasteiger partial charge in [-0.2, -0.15) is 0 Å². The first-order valence-corrected chi connectivity index (χ1v) is 5.25. The van der Waals surface area contributed by atoms with Crippen molar-refractivity contribution >= 4 is 15.9 Å². The van der Waals surface area contributed by atoms with Crippen LogP contribution < -0.4 is 0 Å². The minimum Gasteiger partial charge on any atom is -0.303 e. The molecule has 0 aromatic heterocycles. The molecule has 0 amide bonds. The summed E-state index contributed by atoms with van der Waals surface area (Å²) < 4.78 is 0. The van der Waals surface area contributed by atoms with Gasteiger partial charge in [0, 0.05) is 5.33 Å². The molecule has 58 valence electrons. The van der Waals surface area contributed by atoms with E-state index in [4.69, 9.17) is 0 Å². The zero-order chi connectivity index (χ0) is 7.03. The second-order valence-electron chi connectivity index (χ2n) is 3.73. The van der Waals surface area contributed by atoms with E-state index in [9.17, 15) is 0 Å². The quantitative estimate of drug-likeness (QED) is 0.589. The molecule has 3 aliphatic heterocycles. The van der Waals surface area contributed by atoms with Crippen molar-refractivity contribution in [2.75, 3.05) is 25.0 Å². The molecule has 0 atom stereocenters. The van der Waals surface area contributed by atoms with Crippen molar-refractivity contribution in [1.82, 2.24) is 4.90 Å². The minimum absolute atomic E-state index is 0.703. The summed E-state index contributed by atoms with van der Waals surface area (Å²) in [5.41, 5.74) is 0.703. The fourth-order valence-corrected chi connectivity index (χ4v) is 2.94. The van der Waals surface area contributed by atoms with E-state index in [0.29, 0.717) is 5.41 Å². The fraction of sp³-hybridized carbons (Fsp3) is 1.00. The van der Waals surface area contributed by atoms with Crippen LogP contribution in [0.15, 0.2) is 0 Å². The summed E-state index contributed by atoms with van der Waals surface area (Å²) in [5.74, 6) is 0. The number of halogens is 1. The van der Waals surface area contributed by atoms with Gasteiger partial charge in [-0.05, 0) is 44.3 Å². The van der Waals surface area contributed by atoms with Gasteiger partial charge in [0.15, 0.2) is 0 Å². The lowest BCUT2D eigenvalue weighted by atomic mass is 9.74. The smallest absolute Gasteiger partial charge is 0.00894 e. The van der Waals surface area contributed by atoms with Gasteiger partial charge in [0.1, 0.15) is 0 Å². The van der Waals surface area contributed by atoms with Crippen LogP contribution in [0.4, 0.5) is 0 Å². The second-order valence-corrected chi connectivity index (χ2v) is 4.29. The van der Waals surface area contributed by atoms with Gasteiger partial charge in [0.05, 0.1) is 0 Å². The molecule has 0 spiro atoms. The zero-order valence-electron chi connectivity index (χ0n) is 6.27. The van der Waals surface area contributed by atoms with Crippen molar-refractivity contribution in [3.05, 3.63) is 0 Å². The maximum atomic E-state index is 3.63. The van der Waals surface area contributed by atoms with Crippen molar-refractivity contribution in [2.45, 2.75) is 19.3 Å². The average molecular weight is 204 g/mol. The number of piperidine rings is 3. The van der Waals surface area contributed by atoms with Crippen molar-refractivity contribution in [3.63, 3.8) is 0 Å². The Bertz CT molecular complexity index is 113. The van der Waals surface area contributed by atoms with Crippen LogP contribution in [0.5, 0.6) is 0 Å². The zero-order valence-corrected chi connectivity index (χ0v) is 7.86. The Balaban J connectivity index is 2.08. The number of alkyl halides is 1. The lowest BCUT2D eigenvalue weighted by molar-refractivity contribution is 0.0449. The number of fused-ring (bicyclic) bond motifs is 3. The third kappa shape index (κ3) is 1.02. The topological polar surface area (TPSA) is 3.24 Å². The molecule has 0 N–H and O–H groups in total. The van der Waals surface area contributed by atoms with Crippen LogP contribution in [0.2, 0.25) is 0 Å². The molecule has 2 bridgehead atoms. The number of hydrogen-bond donors (Lipinski definition) is 0. The molecule has 1 nitrogen and oxygen atoms in total. The lowest BCUT2D eigenvalue weighted by Crippen LogP contribution is -2.48. The molecule has 0 aromatic rings. The molecule has 0 unspecified atom stereocenters. The first-order valence-electron chi connectivity index (χ1n) is 4.13. The summed E-state index contributed by atoms with van der Waals surface area (Å²) in [5, 5.41) is 1.23. The lowest BCUT2D eigenvalue weighted by Gasteiger charge is -2.47. The summed E-state index contributed by atoms with van der Waals surface area (Å²) in [7, 11) is 0. The third-order valence-corrected chi connectivity index (χ3v) is 4.35. The van der Waals surface area contributed by atoms with Crippen LogP contribution in [0.1, 0.15) is 19.3 Å².